The minimum absolute atomic E-state index is 0.0514. The van der Waals surface area contributed by atoms with E-state index >= 15 is 0 Å². The number of aliphatic hydroxyl groups excluding tert-OH is 1. The van der Waals surface area contributed by atoms with Crippen LogP contribution in [0, 0.1) is 11.7 Å². The van der Waals surface area contributed by atoms with Gasteiger partial charge in [0.2, 0.25) is 0 Å². The molecule has 1 aliphatic rings. The highest BCUT2D eigenvalue weighted by molar-refractivity contribution is 5.65. The third-order valence-electron chi connectivity index (χ3n) is 6.21. The molecule has 0 saturated carbocycles. The van der Waals surface area contributed by atoms with Crippen molar-refractivity contribution in [3.05, 3.63) is 88.3 Å². The van der Waals surface area contributed by atoms with E-state index in [9.17, 15) is 9.50 Å². The monoisotopic (exact) mass is 422 g/mol. The van der Waals surface area contributed by atoms with Crippen molar-refractivity contribution >= 4 is 5.57 Å². The summed E-state index contributed by atoms with van der Waals surface area (Å²) in [6.07, 6.45) is 8.05. The van der Waals surface area contributed by atoms with Crippen LogP contribution in [-0.4, -0.2) is 17.8 Å². The predicted octanol–water partition coefficient (Wildman–Crippen LogP) is 6.83. The smallest absolute Gasteiger partial charge is 0.123 e. The molecule has 1 heterocycles. The summed E-state index contributed by atoms with van der Waals surface area (Å²) in [7, 11) is 0. The molecule has 0 radical (unpaired) electrons. The molecule has 0 bridgehead atoms. The van der Waals surface area contributed by atoms with Gasteiger partial charge in [0.1, 0.15) is 5.82 Å². The highest BCUT2D eigenvalue weighted by atomic mass is 19.1. The van der Waals surface area contributed by atoms with Crippen molar-refractivity contribution in [1.82, 2.24) is 0 Å². The van der Waals surface area contributed by atoms with Crippen LogP contribution in [0.5, 0.6) is 0 Å². The van der Waals surface area contributed by atoms with Gasteiger partial charge in [0, 0.05) is 0 Å². The van der Waals surface area contributed by atoms with Crippen molar-refractivity contribution in [2.24, 2.45) is 5.92 Å². The SMILES string of the molecule is CCc1ccc(C2CC(C)CC(CO)O2)cc1C/C(C)=C/C=C(\C)c1ccc(F)cc1. The van der Waals surface area contributed by atoms with E-state index in [0.29, 0.717) is 5.92 Å². The Morgan fingerprint density at radius 3 is 2.48 bits per heavy atom. The molecule has 0 spiro atoms. The fraction of sp³-hybridized carbons (Fsp3) is 0.429. The van der Waals surface area contributed by atoms with E-state index in [2.05, 4.69) is 51.1 Å². The second kappa shape index (κ2) is 10.9. The van der Waals surface area contributed by atoms with E-state index in [1.54, 1.807) is 0 Å². The van der Waals surface area contributed by atoms with Crippen molar-refractivity contribution < 1.29 is 14.2 Å². The Morgan fingerprint density at radius 2 is 1.81 bits per heavy atom. The lowest BCUT2D eigenvalue weighted by atomic mass is 9.88. The van der Waals surface area contributed by atoms with Crippen LogP contribution in [-0.2, 0) is 17.6 Å². The van der Waals surface area contributed by atoms with Gasteiger partial charge in [-0.05, 0) is 85.4 Å². The maximum absolute atomic E-state index is 13.2. The van der Waals surface area contributed by atoms with Crippen LogP contribution < -0.4 is 0 Å². The number of rotatable bonds is 7. The molecule has 0 aliphatic carbocycles. The number of allylic oxidation sites excluding steroid dienone is 4. The molecule has 166 valence electrons. The van der Waals surface area contributed by atoms with Gasteiger partial charge in [0.25, 0.3) is 0 Å². The van der Waals surface area contributed by atoms with E-state index in [4.69, 9.17) is 4.74 Å². The first-order chi connectivity index (χ1) is 14.9. The zero-order valence-corrected chi connectivity index (χ0v) is 19.2. The Bertz CT molecular complexity index is 927. The third kappa shape index (κ3) is 6.38. The largest absolute Gasteiger partial charge is 0.394 e. The number of hydrogen-bond acceptors (Lipinski definition) is 2. The van der Waals surface area contributed by atoms with Crippen molar-refractivity contribution in [2.75, 3.05) is 6.61 Å². The fourth-order valence-corrected chi connectivity index (χ4v) is 4.38. The van der Waals surface area contributed by atoms with Crippen LogP contribution in [0.4, 0.5) is 4.39 Å². The van der Waals surface area contributed by atoms with Gasteiger partial charge in [0.05, 0.1) is 18.8 Å². The summed E-state index contributed by atoms with van der Waals surface area (Å²) < 4.78 is 19.3. The number of aliphatic hydroxyl groups is 1. The van der Waals surface area contributed by atoms with Crippen LogP contribution in [0.3, 0.4) is 0 Å². The Labute approximate surface area is 186 Å². The molecule has 0 aromatic heterocycles. The lowest BCUT2D eigenvalue weighted by Gasteiger charge is -2.33. The molecule has 3 unspecified atom stereocenters. The first kappa shape index (κ1) is 23.4. The fourth-order valence-electron chi connectivity index (χ4n) is 4.38. The van der Waals surface area contributed by atoms with Crippen molar-refractivity contribution in [3.63, 3.8) is 0 Å². The van der Waals surface area contributed by atoms with E-state index in [1.165, 1.54) is 34.4 Å². The van der Waals surface area contributed by atoms with E-state index in [1.807, 2.05) is 19.1 Å². The van der Waals surface area contributed by atoms with Gasteiger partial charge in [-0.15, -0.1) is 0 Å². The number of ether oxygens (including phenoxy) is 1. The summed E-state index contributed by atoms with van der Waals surface area (Å²) >= 11 is 0. The molecule has 3 atom stereocenters. The standard InChI is InChI=1S/C28H35FO2/c1-5-22-8-9-24(28-16-20(3)15-27(18-30)31-28)17-25(22)14-19(2)6-7-21(4)23-10-12-26(29)13-11-23/h6-13,17,20,27-28,30H,5,14-16,18H2,1-4H3/b19-6+,21-7+. The third-order valence-corrected chi connectivity index (χ3v) is 6.21. The van der Waals surface area contributed by atoms with Gasteiger partial charge in [-0.3, -0.25) is 0 Å². The lowest BCUT2D eigenvalue weighted by Crippen LogP contribution is -2.29. The zero-order chi connectivity index (χ0) is 22.4. The van der Waals surface area contributed by atoms with Crippen LogP contribution in [0.25, 0.3) is 5.57 Å². The average Bonchev–Trinajstić information content (AvgIpc) is 2.77. The van der Waals surface area contributed by atoms with Crippen LogP contribution in [0.1, 0.15) is 68.9 Å². The normalized spacial score (nSPS) is 22.6. The van der Waals surface area contributed by atoms with Gasteiger partial charge < -0.3 is 9.84 Å². The second-order valence-electron chi connectivity index (χ2n) is 8.93. The Kier molecular flexibility index (Phi) is 8.22. The predicted molar refractivity (Wildman–Crippen MR) is 126 cm³/mol. The molecule has 2 nitrogen and oxygen atoms in total. The first-order valence-corrected chi connectivity index (χ1v) is 11.4. The molecule has 3 heteroatoms. The van der Waals surface area contributed by atoms with Crippen LogP contribution in [0.15, 0.2) is 60.2 Å². The van der Waals surface area contributed by atoms with Crippen molar-refractivity contribution in [1.29, 1.82) is 0 Å². The number of hydrogen-bond donors (Lipinski definition) is 1. The average molecular weight is 423 g/mol. The van der Waals surface area contributed by atoms with E-state index in [0.717, 1.165) is 36.8 Å². The van der Waals surface area contributed by atoms with Crippen LogP contribution >= 0.6 is 0 Å². The first-order valence-electron chi connectivity index (χ1n) is 11.4. The van der Waals surface area contributed by atoms with Gasteiger partial charge in [-0.25, -0.2) is 4.39 Å². The van der Waals surface area contributed by atoms with Gasteiger partial charge >= 0.3 is 0 Å². The highest BCUT2D eigenvalue weighted by Crippen LogP contribution is 2.35. The zero-order valence-electron chi connectivity index (χ0n) is 19.2. The summed E-state index contributed by atoms with van der Waals surface area (Å²) in [6, 6.07) is 13.3. The molecule has 1 N–H and O–H groups in total. The maximum atomic E-state index is 13.2. The lowest BCUT2D eigenvalue weighted by molar-refractivity contribution is -0.0900. The molecule has 2 aromatic rings. The minimum Gasteiger partial charge on any atom is -0.394 e. The number of benzene rings is 2. The topological polar surface area (TPSA) is 29.5 Å². The number of aryl methyl sites for hydroxylation is 1. The Hall–Kier alpha value is -2.23. The summed E-state index contributed by atoms with van der Waals surface area (Å²) in [5.41, 5.74) is 7.33. The molecule has 1 fully saturated rings. The van der Waals surface area contributed by atoms with Crippen molar-refractivity contribution in [3.8, 4) is 0 Å². The quantitative estimate of drug-likeness (QED) is 0.496. The Morgan fingerprint density at radius 1 is 1.06 bits per heavy atom. The molecule has 3 rings (SSSR count). The number of halogens is 1. The molecule has 2 aromatic carbocycles. The maximum Gasteiger partial charge on any atom is 0.123 e. The van der Waals surface area contributed by atoms with Gasteiger partial charge in [-0.2, -0.15) is 0 Å². The van der Waals surface area contributed by atoms with Gasteiger partial charge in [0.15, 0.2) is 0 Å². The summed E-state index contributed by atoms with van der Waals surface area (Å²) in [6.45, 7) is 8.72. The Balaban J connectivity index is 1.78. The molecular weight excluding hydrogens is 387 g/mol. The van der Waals surface area contributed by atoms with Crippen LogP contribution in [0.2, 0.25) is 0 Å². The van der Waals surface area contributed by atoms with Crippen molar-refractivity contribution in [2.45, 2.75) is 65.6 Å². The summed E-state index contributed by atoms with van der Waals surface area (Å²) in [5.74, 6) is 0.336. The molecule has 1 saturated heterocycles. The van der Waals surface area contributed by atoms with E-state index < -0.39 is 0 Å². The summed E-state index contributed by atoms with van der Waals surface area (Å²) in [4.78, 5) is 0. The molecular formula is C28H35FO2. The second-order valence-corrected chi connectivity index (χ2v) is 8.93. The minimum atomic E-state index is -0.211. The van der Waals surface area contributed by atoms with Gasteiger partial charge in [-0.1, -0.05) is 61.9 Å². The molecule has 31 heavy (non-hydrogen) atoms. The molecule has 0 amide bonds. The molecule has 1 aliphatic heterocycles. The summed E-state index contributed by atoms with van der Waals surface area (Å²) in [5, 5.41) is 9.57. The van der Waals surface area contributed by atoms with E-state index in [-0.39, 0.29) is 24.6 Å². The highest BCUT2D eigenvalue weighted by Gasteiger charge is 2.28.